The van der Waals surface area contributed by atoms with Crippen molar-refractivity contribution in [3.63, 3.8) is 0 Å². The molecule has 1 unspecified atom stereocenters. The first-order valence-electron chi connectivity index (χ1n) is 9.61. The van der Waals surface area contributed by atoms with Gasteiger partial charge in [-0.2, -0.15) is 0 Å². The minimum absolute atomic E-state index is 0.0835. The van der Waals surface area contributed by atoms with Crippen LogP contribution in [0.15, 0.2) is 47.4 Å². The number of aryl methyl sites for hydroxylation is 1. The van der Waals surface area contributed by atoms with Gasteiger partial charge in [0, 0.05) is 10.1 Å². The summed E-state index contributed by atoms with van der Waals surface area (Å²) >= 11 is 1.65. The van der Waals surface area contributed by atoms with Gasteiger partial charge in [-0.3, -0.25) is 0 Å². The second kappa shape index (κ2) is 8.14. The molecule has 4 N–H and O–H groups in total. The maximum atomic E-state index is 10.5. The van der Waals surface area contributed by atoms with Crippen LogP contribution in [0.5, 0.6) is 0 Å². The zero-order valence-corrected chi connectivity index (χ0v) is 16.5. The summed E-state index contributed by atoms with van der Waals surface area (Å²) in [5.41, 5.74) is 4.93. The molecule has 0 bridgehead atoms. The topological polar surface area (TPSA) is 90.2 Å². The van der Waals surface area contributed by atoms with E-state index >= 15 is 0 Å². The minimum Gasteiger partial charge on any atom is -0.394 e. The van der Waals surface area contributed by atoms with Crippen LogP contribution in [0.1, 0.15) is 22.3 Å². The molecule has 2 aromatic rings. The molecular weight excluding hydrogens is 376 g/mol. The summed E-state index contributed by atoms with van der Waals surface area (Å²) < 4.78 is 5.79. The van der Waals surface area contributed by atoms with E-state index in [4.69, 9.17) is 4.74 Å². The maximum Gasteiger partial charge on any atom is 0.111 e. The molecule has 0 aromatic heterocycles. The second-order valence-electron chi connectivity index (χ2n) is 7.73. The third kappa shape index (κ3) is 3.73. The molecule has 0 saturated carbocycles. The lowest BCUT2D eigenvalue weighted by Gasteiger charge is -2.42. The number of hydrogen-bond donors (Lipinski definition) is 4. The predicted molar refractivity (Wildman–Crippen MR) is 108 cm³/mol. The standard InChI is InChI=1S/C22H26O5S/c1-12-4-2-5-13(8-12)9-14-6-3-7-15-10-17(28-22(14)15)21-20(26)19(25)18(24)16(11-23)27-21/h2-8,16-21,23-26H,9-11H2,1H3/t16-,17?,18-,19+,20-,21+/m1/s1. The first kappa shape index (κ1) is 19.9. The fourth-order valence-corrected chi connectivity index (χ4v) is 5.68. The zero-order valence-electron chi connectivity index (χ0n) is 15.7. The van der Waals surface area contributed by atoms with E-state index in [0.29, 0.717) is 6.42 Å². The number of aliphatic hydroxyl groups is 4. The third-order valence-corrected chi connectivity index (χ3v) is 7.14. The summed E-state index contributed by atoms with van der Waals surface area (Å²) in [7, 11) is 0. The van der Waals surface area contributed by atoms with Crippen LogP contribution in [-0.4, -0.2) is 62.8 Å². The number of thioether (sulfide) groups is 1. The van der Waals surface area contributed by atoms with E-state index in [0.717, 1.165) is 6.42 Å². The van der Waals surface area contributed by atoms with E-state index in [1.54, 1.807) is 11.8 Å². The van der Waals surface area contributed by atoms with E-state index in [1.165, 1.54) is 27.1 Å². The summed E-state index contributed by atoms with van der Waals surface area (Å²) in [5, 5.41) is 40.0. The van der Waals surface area contributed by atoms with Crippen molar-refractivity contribution in [2.24, 2.45) is 0 Å². The van der Waals surface area contributed by atoms with Gasteiger partial charge < -0.3 is 25.2 Å². The highest BCUT2D eigenvalue weighted by Gasteiger charge is 2.47. The number of benzene rings is 2. The molecular formula is C22H26O5S. The van der Waals surface area contributed by atoms with Gasteiger partial charge in [0.2, 0.25) is 0 Å². The van der Waals surface area contributed by atoms with E-state index in [1.807, 2.05) is 0 Å². The monoisotopic (exact) mass is 402 g/mol. The van der Waals surface area contributed by atoms with Gasteiger partial charge in [0.15, 0.2) is 0 Å². The van der Waals surface area contributed by atoms with Crippen molar-refractivity contribution in [3.05, 3.63) is 64.7 Å². The van der Waals surface area contributed by atoms with Crippen LogP contribution in [0.25, 0.3) is 0 Å². The molecule has 28 heavy (non-hydrogen) atoms. The SMILES string of the molecule is Cc1cccc(Cc2cccc3c2SC([C@@H]2O[C@H](CO)[C@@H](O)[C@H](O)[C@H]2O)C3)c1. The highest BCUT2D eigenvalue weighted by Crippen LogP contribution is 2.44. The van der Waals surface area contributed by atoms with Crippen LogP contribution in [0.2, 0.25) is 0 Å². The summed E-state index contributed by atoms with van der Waals surface area (Å²) in [6, 6.07) is 14.7. The number of rotatable bonds is 4. The maximum absolute atomic E-state index is 10.5. The van der Waals surface area contributed by atoms with Crippen LogP contribution in [-0.2, 0) is 17.6 Å². The molecule has 4 rings (SSSR count). The molecule has 5 nitrogen and oxygen atoms in total. The van der Waals surface area contributed by atoms with Gasteiger partial charge in [-0.05, 0) is 36.5 Å². The zero-order chi connectivity index (χ0) is 19.8. The number of ether oxygens (including phenoxy) is 1. The van der Waals surface area contributed by atoms with Crippen LogP contribution < -0.4 is 0 Å². The Balaban J connectivity index is 1.55. The Bertz CT molecular complexity index is 839. The molecule has 2 aromatic carbocycles. The molecule has 2 heterocycles. The van der Waals surface area contributed by atoms with Crippen molar-refractivity contribution in [2.45, 2.75) is 60.4 Å². The highest BCUT2D eigenvalue weighted by molar-refractivity contribution is 8.00. The normalized spacial score (nSPS) is 32.3. The van der Waals surface area contributed by atoms with Crippen LogP contribution in [0.3, 0.4) is 0 Å². The van der Waals surface area contributed by atoms with E-state index in [2.05, 4.69) is 49.4 Å². The van der Waals surface area contributed by atoms with Crippen molar-refractivity contribution in [2.75, 3.05) is 6.61 Å². The molecule has 6 atom stereocenters. The van der Waals surface area contributed by atoms with Gasteiger partial charge in [0.1, 0.15) is 24.4 Å². The van der Waals surface area contributed by atoms with Crippen molar-refractivity contribution in [1.29, 1.82) is 0 Å². The lowest BCUT2D eigenvalue weighted by molar-refractivity contribution is -0.228. The van der Waals surface area contributed by atoms with E-state index in [9.17, 15) is 20.4 Å². The molecule has 2 aliphatic rings. The Morgan fingerprint density at radius 2 is 1.82 bits per heavy atom. The van der Waals surface area contributed by atoms with Gasteiger partial charge >= 0.3 is 0 Å². The third-order valence-electron chi connectivity index (χ3n) is 5.64. The number of fused-ring (bicyclic) bond motifs is 1. The van der Waals surface area contributed by atoms with Crippen molar-refractivity contribution in [3.8, 4) is 0 Å². The molecule has 2 aliphatic heterocycles. The van der Waals surface area contributed by atoms with Crippen LogP contribution in [0, 0.1) is 6.92 Å². The lowest BCUT2D eigenvalue weighted by Crippen LogP contribution is -2.60. The number of hydrogen-bond acceptors (Lipinski definition) is 6. The van der Waals surface area contributed by atoms with Crippen LogP contribution >= 0.6 is 11.8 Å². The lowest BCUT2D eigenvalue weighted by atomic mass is 9.91. The molecule has 1 fully saturated rings. The summed E-state index contributed by atoms with van der Waals surface area (Å²) in [5.74, 6) is 0. The molecule has 0 aliphatic carbocycles. The van der Waals surface area contributed by atoms with Gasteiger partial charge in [-0.15, -0.1) is 11.8 Å². The molecule has 0 amide bonds. The Morgan fingerprint density at radius 1 is 1.04 bits per heavy atom. The average Bonchev–Trinajstić information content (AvgIpc) is 3.11. The number of aliphatic hydroxyl groups excluding tert-OH is 4. The van der Waals surface area contributed by atoms with Crippen LogP contribution in [0.4, 0.5) is 0 Å². The van der Waals surface area contributed by atoms with Gasteiger partial charge in [0.05, 0.1) is 12.7 Å². The van der Waals surface area contributed by atoms with Gasteiger partial charge in [-0.1, -0.05) is 48.0 Å². The molecule has 0 spiro atoms. The molecule has 1 saturated heterocycles. The first-order valence-corrected chi connectivity index (χ1v) is 10.5. The average molecular weight is 403 g/mol. The van der Waals surface area contributed by atoms with Gasteiger partial charge in [0.25, 0.3) is 0 Å². The van der Waals surface area contributed by atoms with Crippen molar-refractivity contribution in [1.82, 2.24) is 0 Å². The largest absolute Gasteiger partial charge is 0.394 e. The summed E-state index contributed by atoms with van der Waals surface area (Å²) in [4.78, 5) is 1.20. The summed E-state index contributed by atoms with van der Waals surface area (Å²) in [6.45, 7) is 1.69. The van der Waals surface area contributed by atoms with E-state index in [-0.39, 0.29) is 5.25 Å². The Hall–Kier alpha value is -1.41. The summed E-state index contributed by atoms with van der Waals surface area (Å²) in [6.07, 6.45) is -3.80. The Morgan fingerprint density at radius 3 is 2.57 bits per heavy atom. The second-order valence-corrected chi connectivity index (χ2v) is 8.97. The van der Waals surface area contributed by atoms with Crippen molar-refractivity contribution < 1.29 is 25.2 Å². The predicted octanol–water partition coefficient (Wildman–Crippen LogP) is 1.45. The quantitative estimate of drug-likeness (QED) is 0.619. The highest BCUT2D eigenvalue weighted by atomic mass is 32.2. The Labute approximate surface area is 169 Å². The van der Waals surface area contributed by atoms with E-state index < -0.39 is 37.1 Å². The van der Waals surface area contributed by atoms with Crippen molar-refractivity contribution >= 4 is 11.8 Å². The smallest absolute Gasteiger partial charge is 0.111 e. The first-order chi connectivity index (χ1) is 13.5. The van der Waals surface area contributed by atoms with Gasteiger partial charge in [-0.25, -0.2) is 0 Å². The molecule has 0 radical (unpaired) electrons. The minimum atomic E-state index is -1.33. The fraction of sp³-hybridized carbons (Fsp3) is 0.455. The molecule has 6 heteroatoms. The Kier molecular flexibility index (Phi) is 5.78. The fourth-order valence-electron chi connectivity index (χ4n) is 4.16. The molecule has 150 valence electrons.